The highest BCUT2D eigenvalue weighted by Crippen LogP contribution is 2.38. The SMILES string of the molecule is O=C1CC(c2cccc(O)c2)c2c(n(C3CCCCCC3)[nH]c2=O)N1. The molecule has 6 heteroatoms. The van der Waals surface area contributed by atoms with Crippen molar-refractivity contribution in [2.24, 2.45) is 0 Å². The standard InChI is InChI=1S/C19H23N3O3/c23-14-9-5-6-12(10-14)15-11-16(24)20-18-17(15)19(25)21-22(18)13-7-3-1-2-4-8-13/h5-6,9-10,13,15,23H,1-4,7-8,11H2,(H,20,24)(H,21,25). The summed E-state index contributed by atoms with van der Waals surface area (Å²) >= 11 is 0. The van der Waals surface area contributed by atoms with E-state index in [1.54, 1.807) is 18.2 Å². The molecule has 132 valence electrons. The van der Waals surface area contributed by atoms with Gasteiger partial charge in [-0.1, -0.05) is 37.8 Å². The summed E-state index contributed by atoms with van der Waals surface area (Å²) < 4.78 is 1.88. The number of carbonyl (C=O) groups is 1. The van der Waals surface area contributed by atoms with Gasteiger partial charge in [0.2, 0.25) is 5.91 Å². The summed E-state index contributed by atoms with van der Waals surface area (Å²) in [5, 5.41) is 15.7. The molecular weight excluding hydrogens is 318 g/mol. The predicted octanol–water partition coefficient (Wildman–Crippen LogP) is 3.25. The molecule has 1 aliphatic carbocycles. The van der Waals surface area contributed by atoms with Gasteiger partial charge in [0.1, 0.15) is 11.6 Å². The van der Waals surface area contributed by atoms with Crippen LogP contribution in [0.4, 0.5) is 5.82 Å². The zero-order chi connectivity index (χ0) is 17.4. The van der Waals surface area contributed by atoms with Gasteiger partial charge in [-0.3, -0.25) is 19.4 Å². The lowest BCUT2D eigenvalue weighted by molar-refractivity contribution is -0.116. The van der Waals surface area contributed by atoms with E-state index in [0.717, 1.165) is 31.2 Å². The molecule has 6 nitrogen and oxygen atoms in total. The largest absolute Gasteiger partial charge is 0.508 e. The Balaban J connectivity index is 1.79. The van der Waals surface area contributed by atoms with Crippen molar-refractivity contribution in [1.82, 2.24) is 9.78 Å². The Hall–Kier alpha value is -2.50. The predicted molar refractivity (Wildman–Crippen MR) is 95.0 cm³/mol. The molecule has 2 aliphatic rings. The number of H-pyrrole nitrogens is 1. The number of aromatic amines is 1. The molecule has 4 rings (SSSR count). The molecule has 3 N–H and O–H groups in total. The van der Waals surface area contributed by atoms with Gasteiger partial charge in [0.25, 0.3) is 5.56 Å². The molecule has 1 aromatic heterocycles. The van der Waals surface area contributed by atoms with Crippen LogP contribution in [-0.2, 0) is 4.79 Å². The number of carbonyl (C=O) groups excluding carboxylic acids is 1. The molecule has 2 aromatic rings. The Bertz CT molecular complexity index is 844. The lowest BCUT2D eigenvalue weighted by Crippen LogP contribution is -2.27. The molecule has 25 heavy (non-hydrogen) atoms. The van der Waals surface area contributed by atoms with Crippen LogP contribution >= 0.6 is 0 Å². The Kier molecular flexibility index (Phi) is 4.11. The van der Waals surface area contributed by atoms with Crippen molar-refractivity contribution in [2.75, 3.05) is 5.32 Å². The first-order valence-corrected chi connectivity index (χ1v) is 9.06. The van der Waals surface area contributed by atoms with E-state index in [9.17, 15) is 14.7 Å². The highest BCUT2D eigenvalue weighted by Gasteiger charge is 2.34. The summed E-state index contributed by atoms with van der Waals surface area (Å²) in [6.07, 6.45) is 6.99. The number of phenols is 1. The molecule has 0 saturated heterocycles. The number of aromatic hydroxyl groups is 1. The van der Waals surface area contributed by atoms with Gasteiger partial charge in [-0.15, -0.1) is 0 Å². The van der Waals surface area contributed by atoms with Crippen LogP contribution in [0.2, 0.25) is 0 Å². The van der Waals surface area contributed by atoms with Gasteiger partial charge in [-0.2, -0.15) is 0 Å². The highest BCUT2D eigenvalue weighted by atomic mass is 16.3. The summed E-state index contributed by atoms with van der Waals surface area (Å²) in [5.74, 6) is 0.333. The van der Waals surface area contributed by atoms with Crippen molar-refractivity contribution in [3.8, 4) is 5.75 Å². The molecule has 1 fully saturated rings. The third-order valence-electron chi connectivity index (χ3n) is 5.42. The van der Waals surface area contributed by atoms with Crippen LogP contribution in [0.1, 0.15) is 68.0 Å². The Labute approximate surface area is 145 Å². The van der Waals surface area contributed by atoms with Gasteiger partial charge >= 0.3 is 0 Å². The maximum absolute atomic E-state index is 12.7. The number of nitrogens with zero attached hydrogens (tertiary/aromatic N) is 1. The van der Waals surface area contributed by atoms with Crippen molar-refractivity contribution in [3.63, 3.8) is 0 Å². The van der Waals surface area contributed by atoms with Gasteiger partial charge in [0, 0.05) is 12.3 Å². The van der Waals surface area contributed by atoms with E-state index < -0.39 is 0 Å². The third-order valence-corrected chi connectivity index (χ3v) is 5.42. The number of hydrogen-bond donors (Lipinski definition) is 3. The molecule has 1 aliphatic heterocycles. The maximum Gasteiger partial charge on any atom is 0.270 e. The minimum absolute atomic E-state index is 0.0952. The fourth-order valence-electron chi connectivity index (χ4n) is 4.20. The van der Waals surface area contributed by atoms with Crippen LogP contribution in [0.3, 0.4) is 0 Å². The first kappa shape index (κ1) is 16.0. The van der Waals surface area contributed by atoms with Crippen molar-refractivity contribution in [1.29, 1.82) is 0 Å². The number of fused-ring (bicyclic) bond motifs is 1. The third kappa shape index (κ3) is 2.97. The van der Waals surface area contributed by atoms with Gasteiger partial charge in [-0.05, 0) is 30.5 Å². The van der Waals surface area contributed by atoms with Crippen molar-refractivity contribution < 1.29 is 9.90 Å². The summed E-state index contributed by atoms with van der Waals surface area (Å²) in [5.41, 5.74) is 1.25. The number of hydrogen-bond acceptors (Lipinski definition) is 3. The molecule has 1 unspecified atom stereocenters. The van der Waals surface area contributed by atoms with E-state index in [-0.39, 0.29) is 35.6 Å². The quantitative estimate of drug-likeness (QED) is 0.733. The fourth-order valence-corrected chi connectivity index (χ4v) is 4.20. The van der Waals surface area contributed by atoms with E-state index in [4.69, 9.17) is 0 Å². The lowest BCUT2D eigenvalue weighted by atomic mass is 9.87. The summed E-state index contributed by atoms with van der Waals surface area (Å²) in [6.45, 7) is 0. The molecule has 1 aromatic carbocycles. The number of phenolic OH excluding ortho intramolecular Hbond substituents is 1. The minimum atomic E-state index is -0.327. The minimum Gasteiger partial charge on any atom is -0.508 e. The van der Waals surface area contributed by atoms with Gasteiger partial charge in [0.05, 0.1) is 11.6 Å². The number of benzene rings is 1. The Morgan fingerprint density at radius 3 is 2.56 bits per heavy atom. The lowest BCUT2D eigenvalue weighted by Gasteiger charge is -2.26. The average Bonchev–Trinajstić information content (AvgIpc) is 2.78. The number of anilines is 1. The van der Waals surface area contributed by atoms with Gasteiger partial charge in [-0.25, -0.2) is 0 Å². The van der Waals surface area contributed by atoms with Crippen LogP contribution in [-0.4, -0.2) is 20.8 Å². The normalized spacial score (nSPS) is 21.4. The first-order chi connectivity index (χ1) is 12.1. The molecule has 1 amide bonds. The second-order valence-electron chi connectivity index (χ2n) is 7.12. The zero-order valence-electron chi connectivity index (χ0n) is 14.1. The van der Waals surface area contributed by atoms with Crippen molar-refractivity contribution in [2.45, 2.75) is 56.9 Å². The van der Waals surface area contributed by atoms with E-state index in [0.29, 0.717) is 11.4 Å². The maximum atomic E-state index is 12.7. The van der Waals surface area contributed by atoms with E-state index >= 15 is 0 Å². The molecular formula is C19H23N3O3. The van der Waals surface area contributed by atoms with Gasteiger partial charge in [0.15, 0.2) is 0 Å². The molecule has 0 spiro atoms. The second-order valence-corrected chi connectivity index (χ2v) is 7.12. The monoisotopic (exact) mass is 341 g/mol. The second kappa shape index (κ2) is 6.43. The smallest absolute Gasteiger partial charge is 0.270 e. The fraction of sp³-hybridized carbons (Fsp3) is 0.474. The Morgan fingerprint density at radius 2 is 1.84 bits per heavy atom. The van der Waals surface area contributed by atoms with Crippen molar-refractivity contribution >= 4 is 11.7 Å². The zero-order valence-corrected chi connectivity index (χ0v) is 14.1. The molecule has 0 radical (unpaired) electrons. The van der Waals surface area contributed by atoms with Crippen LogP contribution in [0.5, 0.6) is 5.75 Å². The van der Waals surface area contributed by atoms with E-state index in [1.165, 1.54) is 12.8 Å². The molecule has 0 bridgehead atoms. The van der Waals surface area contributed by atoms with Crippen LogP contribution in [0.25, 0.3) is 0 Å². The molecule has 2 heterocycles. The number of nitrogens with one attached hydrogen (secondary N) is 2. The Morgan fingerprint density at radius 1 is 1.08 bits per heavy atom. The van der Waals surface area contributed by atoms with Crippen LogP contribution in [0.15, 0.2) is 29.1 Å². The average molecular weight is 341 g/mol. The number of amides is 1. The summed E-state index contributed by atoms with van der Waals surface area (Å²) in [6, 6.07) is 7.05. The summed E-state index contributed by atoms with van der Waals surface area (Å²) in [7, 11) is 0. The first-order valence-electron chi connectivity index (χ1n) is 9.06. The van der Waals surface area contributed by atoms with E-state index in [2.05, 4.69) is 10.4 Å². The summed E-state index contributed by atoms with van der Waals surface area (Å²) in [4.78, 5) is 25.0. The van der Waals surface area contributed by atoms with Crippen LogP contribution < -0.4 is 10.9 Å². The van der Waals surface area contributed by atoms with Crippen LogP contribution in [0, 0.1) is 0 Å². The van der Waals surface area contributed by atoms with E-state index in [1.807, 2.05) is 10.7 Å². The molecule has 1 atom stereocenters. The molecule has 1 saturated carbocycles. The number of aromatic nitrogens is 2. The highest BCUT2D eigenvalue weighted by molar-refractivity contribution is 5.94. The van der Waals surface area contributed by atoms with Crippen molar-refractivity contribution in [3.05, 3.63) is 45.7 Å². The number of rotatable bonds is 2. The topological polar surface area (TPSA) is 87.1 Å². The van der Waals surface area contributed by atoms with Gasteiger partial charge < -0.3 is 10.4 Å².